The maximum atomic E-state index is 13.2. The number of urea groups is 1. The van der Waals surface area contributed by atoms with Crippen LogP contribution in [0.2, 0.25) is 0 Å². The van der Waals surface area contributed by atoms with Crippen LogP contribution < -0.4 is 16.0 Å². The minimum atomic E-state index is -4.90. The maximum Gasteiger partial charge on any atom is 0.419 e. The minimum absolute atomic E-state index is 0.248. The molecule has 0 spiro atoms. The Morgan fingerprint density at radius 1 is 1.29 bits per heavy atom. The van der Waals surface area contributed by atoms with Gasteiger partial charge in [-0.05, 0) is 25.1 Å². The van der Waals surface area contributed by atoms with Crippen LogP contribution in [0.4, 0.5) is 28.0 Å². The fraction of sp³-hybridized carbons (Fsp3) is 0.357. The number of anilines is 1. The first-order valence-corrected chi connectivity index (χ1v) is 6.86. The number of nitrogens with one attached hydrogen (secondary N) is 3. The third kappa shape index (κ3) is 4.00. The molecule has 6 nitrogen and oxygen atoms in total. The van der Waals surface area contributed by atoms with E-state index in [-0.39, 0.29) is 12.1 Å². The molecule has 1 fully saturated rings. The smallest absolute Gasteiger partial charge is 0.335 e. The maximum absolute atomic E-state index is 13.2. The molecule has 1 aromatic rings. The second kappa shape index (κ2) is 6.46. The molecule has 130 valence electrons. The number of benzene rings is 1. The van der Waals surface area contributed by atoms with Crippen LogP contribution in [0.15, 0.2) is 18.2 Å². The van der Waals surface area contributed by atoms with Gasteiger partial charge in [-0.15, -0.1) is 0 Å². The quantitative estimate of drug-likeness (QED) is 0.731. The van der Waals surface area contributed by atoms with Gasteiger partial charge in [0.25, 0.3) is 0 Å². The van der Waals surface area contributed by atoms with Crippen molar-refractivity contribution in [1.82, 2.24) is 10.6 Å². The minimum Gasteiger partial charge on any atom is -0.335 e. The predicted molar refractivity (Wildman–Crippen MR) is 74.3 cm³/mol. The fourth-order valence-corrected chi connectivity index (χ4v) is 2.28. The summed E-state index contributed by atoms with van der Waals surface area (Å²) in [6, 6.07) is 0.747. The molecule has 1 aliphatic heterocycles. The summed E-state index contributed by atoms with van der Waals surface area (Å²) in [6.07, 6.45) is -5.25. The Morgan fingerprint density at radius 3 is 2.54 bits per heavy atom. The molecule has 1 saturated heterocycles. The number of amides is 4. The lowest BCUT2D eigenvalue weighted by Gasteiger charge is -2.28. The predicted octanol–water partition coefficient (Wildman–Crippen LogP) is 2.02. The number of carbonyl (C=O) groups is 3. The Kier molecular flexibility index (Phi) is 4.76. The third-order valence-corrected chi connectivity index (χ3v) is 3.50. The van der Waals surface area contributed by atoms with Crippen molar-refractivity contribution in [3.8, 4) is 0 Å². The van der Waals surface area contributed by atoms with Gasteiger partial charge in [0, 0.05) is 18.2 Å². The van der Waals surface area contributed by atoms with Crippen LogP contribution in [0.25, 0.3) is 0 Å². The molecule has 0 bridgehead atoms. The topological polar surface area (TPSA) is 87.3 Å². The molecule has 1 heterocycles. The molecule has 2 rings (SSSR count). The molecule has 3 N–H and O–H groups in total. The van der Waals surface area contributed by atoms with Crippen molar-refractivity contribution in [2.24, 2.45) is 5.92 Å². The standard InChI is InChI=1S/C14H13F4N3O3/c1-6-8(12(23)21-13(24)19-6)5-11(22)20-7-2-3-10(15)9(4-7)14(16,17)18/h2-4,6,8H,5H2,1H3,(H,20,22)(H2,19,21,23,24). The lowest BCUT2D eigenvalue weighted by molar-refractivity contribution is -0.140. The van der Waals surface area contributed by atoms with Gasteiger partial charge in [0.05, 0.1) is 11.5 Å². The van der Waals surface area contributed by atoms with Crippen molar-refractivity contribution in [3.63, 3.8) is 0 Å². The first-order valence-electron chi connectivity index (χ1n) is 6.86. The largest absolute Gasteiger partial charge is 0.419 e. The van der Waals surface area contributed by atoms with Crippen molar-refractivity contribution in [1.29, 1.82) is 0 Å². The van der Waals surface area contributed by atoms with Crippen LogP contribution in [0.1, 0.15) is 18.9 Å². The van der Waals surface area contributed by atoms with Crippen LogP contribution in [0.5, 0.6) is 0 Å². The van der Waals surface area contributed by atoms with E-state index < -0.39 is 47.4 Å². The van der Waals surface area contributed by atoms with Gasteiger partial charge < -0.3 is 10.6 Å². The summed E-state index contributed by atoms with van der Waals surface area (Å²) in [5, 5.41) is 6.60. The summed E-state index contributed by atoms with van der Waals surface area (Å²) >= 11 is 0. The van der Waals surface area contributed by atoms with E-state index in [1.807, 2.05) is 5.32 Å². The van der Waals surface area contributed by atoms with Crippen LogP contribution in [-0.2, 0) is 15.8 Å². The average molecular weight is 347 g/mol. The lowest BCUT2D eigenvalue weighted by atomic mass is 9.94. The number of imide groups is 1. The summed E-state index contributed by atoms with van der Waals surface area (Å²) in [6.45, 7) is 1.52. The monoisotopic (exact) mass is 347 g/mol. The molecule has 0 saturated carbocycles. The normalized spacial score (nSPS) is 21.0. The zero-order chi connectivity index (χ0) is 18.1. The van der Waals surface area contributed by atoms with Gasteiger partial charge in [0.2, 0.25) is 11.8 Å². The summed E-state index contributed by atoms with van der Waals surface area (Å²) in [5.74, 6) is -3.72. The Morgan fingerprint density at radius 2 is 1.96 bits per heavy atom. The van der Waals surface area contributed by atoms with Crippen molar-refractivity contribution in [2.75, 3.05) is 5.32 Å². The number of carbonyl (C=O) groups excluding carboxylic acids is 3. The van der Waals surface area contributed by atoms with Crippen molar-refractivity contribution in [3.05, 3.63) is 29.6 Å². The zero-order valence-electron chi connectivity index (χ0n) is 12.3. The number of alkyl halides is 3. The van der Waals surface area contributed by atoms with Gasteiger partial charge in [-0.3, -0.25) is 14.9 Å². The summed E-state index contributed by atoms with van der Waals surface area (Å²) in [4.78, 5) is 34.7. The molecule has 10 heteroatoms. The molecule has 1 aliphatic rings. The number of halogens is 4. The van der Waals surface area contributed by atoms with Gasteiger partial charge >= 0.3 is 12.2 Å². The van der Waals surface area contributed by atoms with E-state index >= 15 is 0 Å². The number of rotatable bonds is 3. The first kappa shape index (κ1) is 17.7. The Balaban J connectivity index is 2.08. The van der Waals surface area contributed by atoms with E-state index in [1.165, 1.54) is 6.92 Å². The number of hydrogen-bond acceptors (Lipinski definition) is 3. The highest BCUT2D eigenvalue weighted by Gasteiger charge is 2.35. The molecule has 0 aromatic heterocycles. The Bertz CT molecular complexity index is 690. The molecule has 1 aromatic carbocycles. The molecule has 2 unspecified atom stereocenters. The van der Waals surface area contributed by atoms with Crippen LogP contribution in [0.3, 0.4) is 0 Å². The van der Waals surface area contributed by atoms with Gasteiger partial charge in [0.15, 0.2) is 0 Å². The van der Waals surface area contributed by atoms with E-state index in [2.05, 4.69) is 10.6 Å². The Labute approximate surface area is 133 Å². The molecule has 24 heavy (non-hydrogen) atoms. The summed E-state index contributed by atoms with van der Waals surface area (Å²) in [7, 11) is 0. The lowest BCUT2D eigenvalue weighted by Crippen LogP contribution is -2.57. The highest BCUT2D eigenvalue weighted by Crippen LogP contribution is 2.33. The number of hydrogen-bond donors (Lipinski definition) is 3. The molecule has 0 aliphatic carbocycles. The summed E-state index contributed by atoms with van der Waals surface area (Å²) < 4.78 is 51.1. The summed E-state index contributed by atoms with van der Waals surface area (Å²) in [5.41, 5.74) is -1.75. The molecule has 2 atom stereocenters. The fourth-order valence-electron chi connectivity index (χ4n) is 2.28. The van der Waals surface area contributed by atoms with Crippen LogP contribution in [-0.4, -0.2) is 23.9 Å². The second-order valence-electron chi connectivity index (χ2n) is 5.30. The van der Waals surface area contributed by atoms with Crippen molar-refractivity contribution >= 4 is 23.5 Å². The van der Waals surface area contributed by atoms with Gasteiger partial charge in [-0.25, -0.2) is 9.18 Å². The molecule has 0 radical (unpaired) electrons. The zero-order valence-corrected chi connectivity index (χ0v) is 12.3. The van der Waals surface area contributed by atoms with E-state index in [1.54, 1.807) is 0 Å². The third-order valence-electron chi connectivity index (χ3n) is 3.50. The average Bonchev–Trinajstić information content (AvgIpc) is 2.43. The van der Waals surface area contributed by atoms with Gasteiger partial charge in [-0.1, -0.05) is 0 Å². The highest BCUT2D eigenvalue weighted by molar-refractivity contribution is 6.01. The van der Waals surface area contributed by atoms with E-state index in [4.69, 9.17) is 0 Å². The first-order chi connectivity index (χ1) is 11.1. The SMILES string of the molecule is CC1NC(=O)NC(=O)C1CC(=O)Nc1ccc(F)c(C(F)(F)F)c1. The van der Waals surface area contributed by atoms with Gasteiger partial charge in [-0.2, -0.15) is 13.2 Å². The van der Waals surface area contributed by atoms with Crippen LogP contribution >= 0.6 is 0 Å². The molecular formula is C14H13F4N3O3. The van der Waals surface area contributed by atoms with Crippen molar-refractivity contribution < 1.29 is 31.9 Å². The molecular weight excluding hydrogens is 334 g/mol. The van der Waals surface area contributed by atoms with Gasteiger partial charge in [0.1, 0.15) is 5.82 Å². The molecule has 4 amide bonds. The van der Waals surface area contributed by atoms with Crippen molar-refractivity contribution in [2.45, 2.75) is 25.6 Å². The highest BCUT2D eigenvalue weighted by atomic mass is 19.4. The van der Waals surface area contributed by atoms with E-state index in [0.717, 1.165) is 6.07 Å². The van der Waals surface area contributed by atoms with E-state index in [9.17, 15) is 31.9 Å². The van der Waals surface area contributed by atoms with E-state index in [0.29, 0.717) is 12.1 Å². The second-order valence-corrected chi connectivity index (χ2v) is 5.30. The Hall–Kier alpha value is -2.65. The van der Waals surface area contributed by atoms with Crippen LogP contribution in [0, 0.1) is 11.7 Å².